The van der Waals surface area contributed by atoms with E-state index in [4.69, 9.17) is 0 Å². The molecule has 4 aromatic rings. The van der Waals surface area contributed by atoms with Crippen LogP contribution in [0.2, 0.25) is 0 Å². The van der Waals surface area contributed by atoms with Crippen molar-refractivity contribution in [1.29, 1.82) is 0 Å². The summed E-state index contributed by atoms with van der Waals surface area (Å²) < 4.78 is 16.8. The third-order valence-corrected chi connectivity index (χ3v) is 4.91. The number of anilines is 1. The highest BCUT2D eigenvalue weighted by molar-refractivity contribution is 7.17. The SMILES string of the molecule is O=C(Nc1ccccc1F)c1cc2sccc2n1Cc1ccccc1. The standard InChI is InChI=1S/C20H15FN2OS/c21-15-8-4-5-9-16(15)22-20(24)18-12-19-17(10-11-25-19)23(18)13-14-6-2-1-3-7-14/h1-12H,13H2,(H,22,24). The lowest BCUT2D eigenvalue weighted by atomic mass is 10.2. The van der Waals surface area contributed by atoms with Crippen molar-refractivity contribution in [1.82, 2.24) is 4.57 Å². The molecular weight excluding hydrogens is 335 g/mol. The Kier molecular flexibility index (Phi) is 4.07. The predicted octanol–water partition coefficient (Wildman–Crippen LogP) is 5.14. The van der Waals surface area contributed by atoms with Crippen molar-refractivity contribution < 1.29 is 9.18 Å². The largest absolute Gasteiger partial charge is 0.331 e. The molecule has 0 aliphatic carbocycles. The average molecular weight is 350 g/mol. The normalized spacial score (nSPS) is 10.9. The van der Waals surface area contributed by atoms with Crippen LogP contribution in [0.5, 0.6) is 0 Å². The van der Waals surface area contributed by atoms with Gasteiger partial charge in [-0.1, -0.05) is 42.5 Å². The molecule has 0 aliphatic heterocycles. The highest BCUT2D eigenvalue weighted by Gasteiger charge is 2.17. The molecule has 0 spiro atoms. The van der Waals surface area contributed by atoms with E-state index in [1.54, 1.807) is 29.5 Å². The summed E-state index contributed by atoms with van der Waals surface area (Å²) >= 11 is 1.58. The van der Waals surface area contributed by atoms with Gasteiger partial charge in [0.25, 0.3) is 5.91 Å². The van der Waals surface area contributed by atoms with Gasteiger partial charge >= 0.3 is 0 Å². The van der Waals surface area contributed by atoms with Crippen molar-refractivity contribution in [3.05, 3.63) is 89.2 Å². The van der Waals surface area contributed by atoms with E-state index >= 15 is 0 Å². The number of para-hydroxylation sites is 1. The molecule has 3 nitrogen and oxygen atoms in total. The third-order valence-electron chi connectivity index (χ3n) is 4.06. The maximum Gasteiger partial charge on any atom is 0.272 e. The van der Waals surface area contributed by atoms with Gasteiger partial charge in [-0.25, -0.2) is 4.39 Å². The van der Waals surface area contributed by atoms with E-state index in [0.717, 1.165) is 15.8 Å². The number of nitrogens with zero attached hydrogens (tertiary/aromatic N) is 1. The van der Waals surface area contributed by atoms with Crippen LogP contribution in [-0.4, -0.2) is 10.5 Å². The Morgan fingerprint density at radius 2 is 1.80 bits per heavy atom. The zero-order valence-electron chi connectivity index (χ0n) is 13.3. The number of carbonyl (C=O) groups is 1. The molecule has 2 heterocycles. The molecular formula is C20H15FN2OS. The second-order valence-corrected chi connectivity index (χ2v) is 6.65. The number of nitrogens with one attached hydrogen (secondary N) is 1. The zero-order valence-corrected chi connectivity index (χ0v) is 14.1. The van der Waals surface area contributed by atoms with Gasteiger partial charge in [-0.2, -0.15) is 0 Å². The van der Waals surface area contributed by atoms with Crippen LogP contribution in [-0.2, 0) is 6.54 Å². The number of aromatic nitrogens is 1. The van der Waals surface area contributed by atoms with E-state index in [1.807, 2.05) is 52.4 Å². The molecule has 0 saturated carbocycles. The van der Waals surface area contributed by atoms with Crippen molar-refractivity contribution in [3.63, 3.8) is 0 Å². The molecule has 1 N–H and O–H groups in total. The maximum absolute atomic E-state index is 13.8. The summed E-state index contributed by atoms with van der Waals surface area (Å²) in [6, 6.07) is 20.0. The summed E-state index contributed by atoms with van der Waals surface area (Å²) in [7, 11) is 0. The summed E-state index contributed by atoms with van der Waals surface area (Å²) in [5, 5.41) is 4.68. The first-order valence-corrected chi connectivity index (χ1v) is 8.77. The van der Waals surface area contributed by atoms with E-state index in [-0.39, 0.29) is 11.6 Å². The molecule has 0 radical (unpaired) electrons. The summed E-state index contributed by atoms with van der Waals surface area (Å²) in [6.07, 6.45) is 0. The molecule has 0 fully saturated rings. The molecule has 0 unspecified atom stereocenters. The van der Waals surface area contributed by atoms with Crippen LogP contribution >= 0.6 is 11.3 Å². The minimum atomic E-state index is -0.446. The van der Waals surface area contributed by atoms with E-state index < -0.39 is 5.82 Å². The van der Waals surface area contributed by atoms with Gasteiger partial charge in [0.2, 0.25) is 0 Å². The van der Waals surface area contributed by atoms with Crippen LogP contribution in [0, 0.1) is 5.82 Å². The number of carbonyl (C=O) groups excluding carboxylic acids is 1. The Bertz CT molecular complexity index is 1040. The minimum absolute atomic E-state index is 0.184. The first-order valence-electron chi connectivity index (χ1n) is 7.89. The number of halogens is 1. The lowest BCUT2D eigenvalue weighted by molar-refractivity contribution is 0.101. The lowest BCUT2D eigenvalue weighted by Crippen LogP contribution is -2.18. The van der Waals surface area contributed by atoms with Gasteiger partial charge in [0, 0.05) is 6.54 Å². The number of hydrogen-bond donors (Lipinski definition) is 1. The molecule has 2 aromatic heterocycles. The van der Waals surface area contributed by atoms with Gasteiger partial charge in [0.1, 0.15) is 11.5 Å². The molecule has 0 saturated heterocycles. The van der Waals surface area contributed by atoms with Crippen molar-refractivity contribution >= 4 is 33.1 Å². The number of amides is 1. The van der Waals surface area contributed by atoms with Crippen LogP contribution in [0.3, 0.4) is 0 Å². The molecule has 25 heavy (non-hydrogen) atoms. The van der Waals surface area contributed by atoms with Gasteiger partial charge < -0.3 is 9.88 Å². The summed E-state index contributed by atoms with van der Waals surface area (Å²) in [6.45, 7) is 0.584. The van der Waals surface area contributed by atoms with Crippen LogP contribution in [0.4, 0.5) is 10.1 Å². The predicted molar refractivity (Wildman–Crippen MR) is 99.7 cm³/mol. The maximum atomic E-state index is 13.8. The van der Waals surface area contributed by atoms with E-state index in [1.165, 1.54) is 6.07 Å². The van der Waals surface area contributed by atoms with Gasteiger partial charge in [-0.05, 0) is 35.2 Å². The summed E-state index contributed by atoms with van der Waals surface area (Å²) in [5.41, 5.74) is 2.82. The molecule has 1 amide bonds. The van der Waals surface area contributed by atoms with Crippen LogP contribution in [0.1, 0.15) is 16.1 Å². The third kappa shape index (κ3) is 3.06. The number of rotatable bonds is 4. The van der Waals surface area contributed by atoms with Gasteiger partial charge in [-0.3, -0.25) is 4.79 Å². The van der Waals surface area contributed by atoms with E-state index in [0.29, 0.717) is 12.2 Å². The van der Waals surface area contributed by atoms with Gasteiger partial charge in [-0.15, -0.1) is 11.3 Å². The highest BCUT2D eigenvalue weighted by Crippen LogP contribution is 2.27. The van der Waals surface area contributed by atoms with Crippen LogP contribution in [0.25, 0.3) is 10.2 Å². The Balaban J connectivity index is 1.71. The topological polar surface area (TPSA) is 34.0 Å². The number of thiophene rings is 1. The van der Waals surface area contributed by atoms with Crippen molar-refractivity contribution in [3.8, 4) is 0 Å². The average Bonchev–Trinajstić information content (AvgIpc) is 3.21. The number of hydrogen-bond acceptors (Lipinski definition) is 2. The summed E-state index contributed by atoms with van der Waals surface area (Å²) in [4.78, 5) is 12.8. The molecule has 2 aromatic carbocycles. The lowest BCUT2D eigenvalue weighted by Gasteiger charge is -2.11. The van der Waals surface area contributed by atoms with E-state index in [2.05, 4.69) is 5.32 Å². The van der Waals surface area contributed by atoms with Crippen LogP contribution in [0.15, 0.2) is 72.1 Å². The second-order valence-electron chi connectivity index (χ2n) is 5.71. The fourth-order valence-corrected chi connectivity index (χ4v) is 3.67. The fourth-order valence-electron chi connectivity index (χ4n) is 2.85. The quantitative estimate of drug-likeness (QED) is 0.543. The molecule has 4 rings (SSSR count). The number of fused-ring (bicyclic) bond motifs is 1. The first kappa shape index (κ1) is 15.6. The summed E-state index contributed by atoms with van der Waals surface area (Å²) in [5.74, 6) is -0.761. The zero-order chi connectivity index (χ0) is 17.2. The smallest absolute Gasteiger partial charge is 0.272 e. The molecule has 0 atom stereocenters. The second kappa shape index (κ2) is 6.53. The van der Waals surface area contributed by atoms with Gasteiger partial charge in [0.15, 0.2) is 0 Å². The highest BCUT2D eigenvalue weighted by atomic mass is 32.1. The monoisotopic (exact) mass is 350 g/mol. The first-order chi connectivity index (χ1) is 12.2. The molecule has 0 bridgehead atoms. The Morgan fingerprint density at radius 1 is 1.04 bits per heavy atom. The van der Waals surface area contributed by atoms with Crippen LogP contribution < -0.4 is 5.32 Å². The molecule has 124 valence electrons. The molecule has 5 heteroatoms. The fraction of sp³-hybridized carbons (Fsp3) is 0.0500. The number of benzene rings is 2. The van der Waals surface area contributed by atoms with E-state index in [9.17, 15) is 9.18 Å². The molecule has 0 aliphatic rings. The van der Waals surface area contributed by atoms with Gasteiger partial charge in [0.05, 0.1) is 15.9 Å². The Labute approximate surface area is 148 Å². The Morgan fingerprint density at radius 3 is 2.60 bits per heavy atom. The van der Waals surface area contributed by atoms with Crippen molar-refractivity contribution in [2.24, 2.45) is 0 Å². The minimum Gasteiger partial charge on any atom is -0.331 e. The Hall–Kier alpha value is -2.92. The van der Waals surface area contributed by atoms with Crippen molar-refractivity contribution in [2.45, 2.75) is 6.54 Å². The van der Waals surface area contributed by atoms with Crippen molar-refractivity contribution in [2.75, 3.05) is 5.32 Å².